The Morgan fingerprint density at radius 3 is 2.70 bits per heavy atom. The second-order valence-electron chi connectivity index (χ2n) is 5.91. The van der Waals surface area contributed by atoms with Crippen molar-refractivity contribution in [2.75, 3.05) is 50.8 Å². The van der Waals surface area contributed by atoms with E-state index < -0.39 is 0 Å². The zero-order chi connectivity index (χ0) is 14.0. The van der Waals surface area contributed by atoms with Gasteiger partial charge in [0.15, 0.2) is 0 Å². The summed E-state index contributed by atoms with van der Waals surface area (Å²) >= 11 is 2.04. The van der Waals surface area contributed by atoms with Gasteiger partial charge in [-0.15, -0.1) is 0 Å². The summed E-state index contributed by atoms with van der Waals surface area (Å²) in [6.07, 6.45) is 6.29. The van der Waals surface area contributed by atoms with Gasteiger partial charge in [-0.1, -0.05) is 19.3 Å². The number of aliphatic hydroxyl groups is 1. The lowest BCUT2D eigenvalue weighted by Gasteiger charge is -2.26. The summed E-state index contributed by atoms with van der Waals surface area (Å²) in [5.74, 6) is 2.52. The minimum atomic E-state index is -0.367. The van der Waals surface area contributed by atoms with Crippen LogP contribution in [0.5, 0.6) is 0 Å². The molecule has 1 atom stereocenters. The molecule has 2 rings (SSSR count). The molecule has 5 heteroatoms. The van der Waals surface area contributed by atoms with Crippen molar-refractivity contribution in [3.05, 3.63) is 0 Å². The Balaban J connectivity index is 1.44. The lowest BCUT2D eigenvalue weighted by atomic mass is 9.98. The first-order valence-electron chi connectivity index (χ1n) is 8.15. The van der Waals surface area contributed by atoms with Crippen LogP contribution >= 0.6 is 11.8 Å². The molecule has 1 aliphatic carbocycles. The van der Waals surface area contributed by atoms with Crippen molar-refractivity contribution < 1.29 is 9.84 Å². The van der Waals surface area contributed by atoms with E-state index in [0.29, 0.717) is 19.3 Å². The Kier molecular flexibility index (Phi) is 8.28. The van der Waals surface area contributed by atoms with Gasteiger partial charge in [-0.3, -0.25) is 0 Å². The van der Waals surface area contributed by atoms with E-state index in [1.165, 1.54) is 56.7 Å². The first-order valence-corrected chi connectivity index (χ1v) is 9.30. The predicted molar refractivity (Wildman–Crippen MR) is 85.5 cm³/mol. The zero-order valence-corrected chi connectivity index (χ0v) is 13.4. The van der Waals surface area contributed by atoms with Gasteiger partial charge < -0.3 is 20.1 Å². The summed E-state index contributed by atoms with van der Waals surface area (Å²) < 4.78 is 5.79. The molecule has 2 fully saturated rings. The molecular weight excluding hydrogens is 272 g/mol. The van der Waals surface area contributed by atoms with Gasteiger partial charge in [-0.2, -0.15) is 11.8 Å². The molecule has 2 N–H and O–H groups in total. The zero-order valence-electron chi connectivity index (χ0n) is 12.6. The van der Waals surface area contributed by atoms with Crippen molar-refractivity contribution in [3.8, 4) is 0 Å². The Morgan fingerprint density at radius 2 is 1.95 bits per heavy atom. The first kappa shape index (κ1) is 16.6. The van der Waals surface area contributed by atoms with Crippen LogP contribution in [0.1, 0.15) is 32.1 Å². The van der Waals surface area contributed by atoms with Gasteiger partial charge in [-0.05, 0) is 12.8 Å². The molecule has 0 radical (unpaired) electrons. The molecule has 1 heterocycles. The van der Waals surface area contributed by atoms with Crippen LogP contribution in [0, 0.1) is 0 Å². The minimum absolute atomic E-state index is 0.367. The highest BCUT2D eigenvalue weighted by Gasteiger charge is 2.15. The quantitative estimate of drug-likeness (QED) is 0.663. The number of nitrogens with zero attached hydrogens (tertiary/aromatic N) is 1. The molecule has 20 heavy (non-hydrogen) atoms. The van der Waals surface area contributed by atoms with Crippen molar-refractivity contribution in [1.29, 1.82) is 0 Å². The fourth-order valence-electron chi connectivity index (χ4n) is 2.87. The summed E-state index contributed by atoms with van der Waals surface area (Å²) in [7, 11) is 0. The number of nitrogens with one attached hydrogen (secondary N) is 1. The standard InChI is InChI=1S/C15H30N2O2S/c18-14(13-19-15-4-2-1-3-5-15)12-16-6-7-17-8-10-20-11-9-17/h14-16,18H,1-13H2. The maximum absolute atomic E-state index is 9.91. The SMILES string of the molecule is OC(CNCCN1CCSCC1)COC1CCCCC1. The molecule has 1 aliphatic heterocycles. The lowest BCUT2D eigenvalue weighted by Crippen LogP contribution is -2.40. The molecule has 2 aliphatic rings. The van der Waals surface area contributed by atoms with Gasteiger partial charge >= 0.3 is 0 Å². The summed E-state index contributed by atoms with van der Waals surface area (Å²) in [5.41, 5.74) is 0. The van der Waals surface area contributed by atoms with E-state index in [0.717, 1.165) is 13.1 Å². The van der Waals surface area contributed by atoms with Gasteiger partial charge in [-0.25, -0.2) is 0 Å². The molecule has 4 nitrogen and oxygen atoms in total. The minimum Gasteiger partial charge on any atom is -0.389 e. The second kappa shape index (κ2) is 10.0. The smallest absolute Gasteiger partial charge is 0.0897 e. The fourth-order valence-corrected chi connectivity index (χ4v) is 3.85. The summed E-state index contributed by atoms with van der Waals surface area (Å²) in [6.45, 7) is 5.61. The Morgan fingerprint density at radius 1 is 1.20 bits per heavy atom. The van der Waals surface area contributed by atoms with Crippen molar-refractivity contribution in [1.82, 2.24) is 10.2 Å². The van der Waals surface area contributed by atoms with Crippen molar-refractivity contribution >= 4 is 11.8 Å². The summed E-state index contributed by atoms with van der Waals surface area (Å²) in [5, 5.41) is 13.3. The van der Waals surface area contributed by atoms with Crippen LogP contribution in [0.3, 0.4) is 0 Å². The van der Waals surface area contributed by atoms with Crippen LogP contribution in [0.15, 0.2) is 0 Å². The topological polar surface area (TPSA) is 44.7 Å². The number of thioether (sulfide) groups is 1. The molecule has 1 saturated carbocycles. The normalized spacial score (nSPS) is 23.9. The third-order valence-corrected chi connectivity index (χ3v) is 5.11. The third-order valence-electron chi connectivity index (χ3n) is 4.16. The summed E-state index contributed by atoms with van der Waals surface area (Å²) in [6, 6.07) is 0. The maximum atomic E-state index is 9.91. The molecule has 0 spiro atoms. The molecule has 118 valence electrons. The molecule has 0 aromatic carbocycles. The van der Waals surface area contributed by atoms with Gasteiger partial charge in [0.05, 0.1) is 18.8 Å². The van der Waals surface area contributed by atoms with E-state index in [9.17, 15) is 5.11 Å². The van der Waals surface area contributed by atoms with Gasteiger partial charge in [0.1, 0.15) is 0 Å². The molecule has 1 saturated heterocycles. The molecule has 0 bridgehead atoms. The number of ether oxygens (including phenoxy) is 1. The molecule has 0 aromatic rings. The van der Waals surface area contributed by atoms with Crippen LogP contribution in [-0.4, -0.2) is 73.1 Å². The number of rotatable bonds is 8. The molecule has 1 unspecified atom stereocenters. The van der Waals surface area contributed by atoms with Crippen LogP contribution in [-0.2, 0) is 4.74 Å². The highest BCUT2D eigenvalue weighted by Crippen LogP contribution is 2.20. The predicted octanol–water partition coefficient (Wildman–Crippen LogP) is 1.33. The van der Waals surface area contributed by atoms with E-state index in [2.05, 4.69) is 10.2 Å². The number of aliphatic hydroxyl groups excluding tert-OH is 1. The second-order valence-corrected chi connectivity index (χ2v) is 7.13. The van der Waals surface area contributed by atoms with E-state index in [-0.39, 0.29) is 6.10 Å². The van der Waals surface area contributed by atoms with Crippen LogP contribution in [0.2, 0.25) is 0 Å². The van der Waals surface area contributed by atoms with Gasteiger partial charge in [0.2, 0.25) is 0 Å². The molecule has 0 aromatic heterocycles. The fraction of sp³-hybridized carbons (Fsp3) is 1.00. The first-order chi connectivity index (χ1) is 9.84. The Bertz CT molecular complexity index is 244. The number of hydrogen-bond donors (Lipinski definition) is 2. The lowest BCUT2D eigenvalue weighted by molar-refractivity contribution is -0.0229. The largest absolute Gasteiger partial charge is 0.389 e. The van der Waals surface area contributed by atoms with Crippen molar-refractivity contribution in [2.45, 2.75) is 44.3 Å². The van der Waals surface area contributed by atoms with Crippen molar-refractivity contribution in [2.24, 2.45) is 0 Å². The third kappa shape index (κ3) is 6.76. The average molecular weight is 302 g/mol. The maximum Gasteiger partial charge on any atom is 0.0897 e. The highest BCUT2D eigenvalue weighted by atomic mass is 32.2. The average Bonchev–Trinajstić information content (AvgIpc) is 2.52. The monoisotopic (exact) mass is 302 g/mol. The Hall–Kier alpha value is 0.190. The van der Waals surface area contributed by atoms with Gasteiger partial charge in [0.25, 0.3) is 0 Å². The van der Waals surface area contributed by atoms with Crippen LogP contribution in [0.25, 0.3) is 0 Å². The summed E-state index contributed by atoms with van der Waals surface area (Å²) in [4.78, 5) is 2.49. The van der Waals surface area contributed by atoms with Crippen LogP contribution < -0.4 is 5.32 Å². The molecular formula is C15H30N2O2S. The van der Waals surface area contributed by atoms with E-state index in [1.54, 1.807) is 0 Å². The van der Waals surface area contributed by atoms with E-state index in [1.807, 2.05) is 11.8 Å². The Labute approximate surface area is 127 Å². The van der Waals surface area contributed by atoms with E-state index >= 15 is 0 Å². The van der Waals surface area contributed by atoms with Crippen molar-refractivity contribution in [3.63, 3.8) is 0 Å². The van der Waals surface area contributed by atoms with Crippen LogP contribution in [0.4, 0.5) is 0 Å². The van der Waals surface area contributed by atoms with Gasteiger partial charge in [0, 0.05) is 44.2 Å². The highest BCUT2D eigenvalue weighted by molar-refractivity contribution is 7.99. The molecule has 0 amide bonds. The number of hydrogen-bond acceptors (Lipinski definition) is 5. The van der Waals surface area contributed by atoms with E-state index in [4.69, 9.17) is 4.74 Å².